The zero-order valence-electron chi connectivity index (χ0n) is 9.62. The van der Waals surface area contributed by atoms with E-state index in [1.807, 2.05) is 6.92 Å². The van der Waals surface area contributed by atoms with E-state index in [0.29, 0.717) is 5.92 Å². The maximum atomic E-state index is 5.74. The molecule has 0 bridgehead atoms. The van der Waals surface area contributed by atoms with Crippen LogP contribution in [0.1, 0.15) is 18.5 Å². The molecule has 0 spiro atoms. The normalized spacial score (nSPS) is 21.2. The SMILES string of the molecule is Cc1nc(N2CCCC(CN)C2)ccc1Br. The Bertz CT molecular complexity index is 367. The molecule has 0 aromatic carbocycles. The molecule has 0 aliphatic carbocycles. The zero-order chi connectivity index (χ0) is 11.5. The first kappa shape index (κ1) is 11.9. The van der Waals surface area contributed by atoms with E-state index in [-0.39, 0.29) is 0 Å². The van der Waals surface area contributed by atoms with Gasteiger partial charge < -0.3 is 10.6 Å². The number of rotatable bonds is 2. The number of aryl methyl sites for hydroxylation is 1. The molecule has 0 radical (unpaired) electrons. The maximum absolute atomic E-state index is 5.74. The minimum Gasteiger partial charge on any atom is -0.356 e. The number of halogens is 1. The monoisotopic (exact) mass is 283 g/mol. The van der Waals surface area contributed by atoms with Crippen molar-refractivity contribution in [3.63, 3.8) is 0 Å². The summed E-state index contributed by atoms with van der Waals surface area (Å²) in [6.45, 7) is 4.96. The van der Waals surface area contributed by atoms with Crippen molar-refractivity contribution in [2.24, 2.45) is 11.7 Å². The van der Waals surface area contributed by atoms with Crippen molar-refractivity contribution in [3.8, 4) is 0 Å². The molecular weight excluding hydrogens is 266 g/mol. The van der Waals surface area contributed by atoms with Crippen LogP contribution in [0.3, 0.4) is 0 Å². The molecule has 1 aliphatic heterocycles. The Hall–Kier alpha value is -0.610. The highest BCUT2D eigenvalue weighted by Gasteiger charge is 2.19. The molecule has 2 N–H and O–H groups in total. The summed E-state index contributed by atoms with van der Waals surface area (Å²) in [4.78, 5) is 6.95. The number of nitrogens with two attached hydrogens (primary N) is 1. The number of aromatic nitrogens is 1. The number of pyridine rings is 1. The van der Waals surface area contributed by atoms with Crippen LogP contribution in [0.15, 0.2) is 16.6 Å². The van der Waals surface area contributed by atoms with Crippen LogP contribution in [0.2, 0.25) is 0 Å². The van der Waals surface area contributed by atoms with Crippen molar-refractivity contribution in [2.75, 3.05) is 24.5 Å². The fourth-order valence-electron chi connectivity index (χ4n) is 2.17. The lowest BCUT2D eigenvalue weighted by Crippen LogP contribution is -2.38. The van der Waals surface area contributed by atoms with Crippen molar-refractivity contribution in [1.82, 2.24) is 4.98 Å². The van der Waals surface area contributed by atoms with Gasteiger partial charge in [0.15, 0.2) is 0 Å². The number of nitrogens with zero attached hydrogens (tertiary/aromatic N) is 2. The predicted octanol–water partition coefficient (Wildman–Crippen LogP) is 2.33. The van der Waals surface area contributed by atoms with E-state index in [4.69, 9.17) is 5.73 Å². The lowest BCUT2D eigenvalue weighted by molar-refractivity contribution is 0.421. The molecule has 0 saturated carbocycles. The average molecular weight is 284 g/mol. The highest BCUT2D eigenvalue weighted by atomic mass is 79.9. The van der Waals surface area contributed by atoms with Crippen molar-refractivity contribution in [3.05, 3.63) is 22.3 Å². The Morgan fingerprint density at radius 2 is 2.38 bits per heavy atom. The number of hydrogen-bond donors (Lipinski definition) is 1. The molecule has 4 heteroatoms. The Morgan fingerprint density at radius 1 is 1.56 bits per heavy atom. The van der Waals surface area contributed by atoms with E-state index < -0.39 is 0 Å². The van der Waals surface area contributed by atoms with Crippen molar-refractivity contribution in [1.29, 1.82) is 0 Å². The summed E-state index contributed by atoms with van der Waals surface area (Å²) in [6, 6.07) is 4.15. The van der Waals surface area contributed by atoms with Crippen molar-refractivity contribution >= 4 is 21.7 Å². The van der Waals surface area contributed by atoms with Crippen molar-refractivity contribution < 1.29 is 0 Å². The highest BCUT2D eigenvalue weighted by Crippen LogP contribution is 2.23. The van der Waals surface area contributed by atoms with Crippen LogP contribution in [-0.2, 0) is 0 Å². The molecule has 1 unspecified atom stereocenters. The van der Waals surface area contributed by atoms with E-state index >= 15 is 0 Å². The second-order valence-electron chi connectivity index (χ2n) is 4.43. The second kappa shape index (κ2) is 5.15. The smallest absolute Gasteiger partial charge is 0.128 e. The fourth-order valence-corrected chi connectivity index (χ4v) is 2.39. The molecule has 2 rings (SSSR count). The van der Waals surface area contributed by atoms with E-state index in [1.165, 1.54) is 12.8 Å². The van der Waals surface area contributed by atoms with Gasteiger partial charge in [-0.3, -0.25) is 0 Å². The molecule has 16 heavy (non-hydrogen) atoms. The molecule has 1 aliphatic rings. The van der Waals surface area contributed by atoms with Gasteiger partial charge in [0.25, 0.3) is 0 Å². The standard InChI is InChI=1S/C12H18BrN3/c1-9-11(13)4-5-12(15-9)16-6-2-3-10(7-14)8-16/h4-5,10H,2-3,6-8,14H2,1H3. The lowest BCUT2D eigenvalue weighted by Gasteiger charge is -2.33. The summed E-state index contributed by atoms with van der Waals surface area (Å²) >= 11 is 3.48. The molecule has 0 amide bonds. The van der Waals surface area contributed by atoms with Gasteiger partial charge in [-0.15, -0.1) is 0 Å². The van der Waals surface area contributed by atoms with Gasteiger partial charge in [0, 0.05) is 17.6 Å². The number of piperidine rings is 1. The van der Waals surface area contributed by atoms with Gasteiger partial charge in [0.2, 0.25) is 0 Å². The van der Waals surface area contributed by atoms with Gasteiger partial charge >= 0.3 is 0 Å². The van der Waals surface area contributed by atoms with E-state index in [0.717, 1.165) is 35.6 Å². The first-order valence-electron chi connectivity index (χ1n) is 5.79. The fraction of sp³-hybridized carbons (Fsp3) is 0.583. The Morgan fingerprint density at radius 3 is 3.06 bits per heavy atom. The number of hydrogen-bond acceptors (Lipinski definition) is 3. The van der Waals surface area contributed by atoms with Crippen LogP contribution in [0, 0.1) is 12.8 Å². The highest BCUT2D eigenvalue weighted by molar-refractivity contribution is 9.10. The quantitative estimate of drug-likeness (QED) is 0.906. The molecule has 88 valence electrons. The molecule has 1 fully saturated rings. The van der Waals surface area contributed by atoms with Crippen LogP contribution >= 0.6 is 15.9 Å². The zero-order valence-corrected chi connectivity index (χ0v) is 11.2. The second-order valence-corrected chi connectivity index (χ2v) is 5.28. The Balaban J connectivity index is 2.13. The van der Waals surface area contributed by atoms with Gasteiger partial charge in [0.1, 0.15) is 5.82 Å². The van der Waals surface area contributed by atoms with Gasteiger partial charge in [0.05, 0.1) is 5.69 Å². The van der Waals surface area contributed by atoms with Gasteiger partial charge in [-0.1, -0.05) is 0 Å². The van der Waals surface area contributed by atoms with Crippen molar-refractivity contribution in [2.45, 2.75) is 19.8 Å². The summed E-state index contributed by atoms with van der Waals surface area (Å²) < 4.78 is 1.07. The predicted molar refractivity (Wildman–Crippen MR) is 70.7 cm³/mol. The third-order valence-electron chi connectivity index (χ3n) is 3.18. The van der Waals surface area contributed by atoms with E-state index in [9.17, 15) is 0 Å². The van der Waals surface area contributed by atoms with Crippen LogP contribution in [0.5, 0.6) is 0 Å². The van der Waals surface area contributed by atoms with Crippen LogP contribution in [-0.4, -0.2) is 24.6 Å². The average Bonchev–Trinajstić information content (AvgIpc) is 2.33. The summed E-state index contributed by atoms with van der Waals surface area (Å²) in [5, 5.41) is 0. The molecule has 1 atom stereocenters. The largest absolute Gasteiger partial charge is 0.356 e. The van der Waals surface area contributed by atoms with Gasteiger partial charge in [-0.25, -0.2) is 4.98 Å². The summed E-state index contributed by atoms with van der Waals surface area (Å²) in [5.74, 6) is 1.71. The first-order chi connectivity index (χ1) is 7.70. The number of anilines is 1. The van der Waals surface area contributed by atoms with Crippen LogP contribution in [0.25, 0.3) is 0 Å². The van der Waals surface area contributed by atoms with E-state index in [2.05, 4.69) is 37.9 Å². The Kier molecular flexibility index (Phi) is 3.82. The third-order valence-corrected chi connectivity index (χ3v) is 4.02. The van der Waals surface area contributed by atoms with Gasteiger partial charge in [-0.05, 0) is 60.3 Å². The molecule has 3 nitrogen and oxygen atoms in total. The molecule has 2 heterocycles. The van der Waals surface area contributed by atoms with Crippen LogP contribution < -0.4 is 10.6 Å². The first-order valence-corrected chi connectivity index (χ1v) is 6.58. The maximum Gasteiger partial charge on any atom is 0.128 e. The minimum atomic E-state index is 0.625. The molecule has 1 aromatic rings. The Labute approximate surface area is 105 Å². The van der Waals surface area contributed by atoms with Gasteiger partial charge in [-0.2, -0.15) is 0 Å². The summed E-state index contributed by atoms with van der Waals surface area (Å²) in [6.07, 6.45) is 2.47. The summed E-state index contributed by atoms with van der Waals surface area (Å²) in [7, 11) is 0. The molecular formula is C12H18BrN3. The minimum absolute atomic E-state index is 0.625. The topological polar surface area (TPSA) is 42.2 Å². The molecule has 1 aromatic heterocycles. The van der Waals surface area contributed by atoms with E-state index in [1.54, 1.807) is 0 Å². The summed E-state index contributed by atoms with van der Waals surface area (Å²) in [5.41, 5.74) is 6.79. The lowest BCUT2D eigenvalue weighted by atomic mass is 9.98. The molecule has 1 saturated heterocycles. The third kappa shape index (κ3) is 2.55. The van der Waals surface area contributed by atoms with Crippen LogP contribution in [0.4, 0.5) is 5.82 Å².